The van der Waals surface area contributed by atoms with Gasteiger partial charge >= 0.3 is 0 Å². The van der Waals surface area contributed by atoms with Crippen molar-refractivity contribution in [3.05, 3.63) is 64.9 Å². The van der Waals surface area contributed by atoms with E-state index in [2.05, 4.69) is 25.5 Å². The second-order valence-electron chi connectivity index (χ2n) is 11.6. The lowest BCUT2D eigenvalue weighted by atomic mass is 10.1. The molecule has 2 aromatic carbocycles. The van der Waals surface area contributed by atoms with Crippen LogP contribution in [0.15, 0.2) is 40.8 Å². The molecule has 4 aromatic rings. The Kier molecular flexibility index (Phi) is 11.6. The molecule has 1 aliphatic rings. The molecule has 1 aliphatic heterocycles. The van der Waals surface area contributed by atoms with Gasteiger partial charge in [-0.1, -0.05) is 19.1 Å². The molecule has 266 valence electrons. The molecule has 16 heteroatoms. The van der Waals surface area contributed by atoms with Gasteiger partial charge in [0.05, 0.1) is 43.8 Å². The van der Waals surface area contributed by atoms with Gasteiger partial charge in [0.15, 0.2) is 5.89 Å². The second kappa shape index (κ2) is 16.2. The number of benzene rings is 2. The zero-order chi connectivity index (χ0) is 35.8. The number of primary amides is 2. The van der Waals surface area contributed by atoms with Gasteiger partial charge in [0.25, 0.3) is 5.91 Å². The summed E-state index contributed by atoms with van der Waals surface area (Å²) in [4.78, 5) is 48.7. The average Bonchev–Trinajstić information content (AvgIpc) is 3.66. The molecule has 2 aromatic heterocycles. The van der Waals surface area contributed by atoms with Crippen LogP contribution in [-0.2, 0) is 17.7 Å². The van der Waals surface area contributed by atoms with Crippen LogP contribution in [0.25, 0.3) is 11.0 Å². The fourth-order valence-corrected chi connectivity index (χ4v) is 5.65. The van der Waals surface area contributed by atoms with E-state index >= 15 is 0 Å². The van der Waals surface area contributed by atoms with Crippen molar-refractivity contribution >= 4 is 46.1 Å². The summed E-state index contributed by atoms with van der Waals surface area (Å²) >= 11 is 0. The van der Waals surface area contributed by atoms with E-state index in [4.69, 9.17) is 35.8 Å². The number of rotatable bonds is 16. The summed E-state index contributed by atoms with van der Waals surface area (Å²) in [6, 6.07) is 6.15. The predicted molar refractivity (Wildman–Crippen MR) is 188 cm³/mol. The zero-order valence-corrected chi connectivity index (χ0v) is 28.4. The van der Waals surface area contributed by atoms with Gasteiger partial charge in [-0.25, -0.2) is 9.97 Å². The highest BCUT2D eigenvalue weighted by atomic mass is 16.5. The highest BCUT2D eigenvalue weighted by Crippen LogP contribution is 2.33. The van der Waals surface area contributed by atoms with Gasteiger partial charge in [-0.15, -0.1) is 0 Å². The number of aromatic nitrogens is 3. The first-order valence-corrected chi connectivity index (χ1v) is 16.3. The first-order valence-electron chi connectivity index (χ1n) is 16.3. The van der Waals surface area contributed by atoms with Crippen molar-refractivity contribution < 1.29 is 33.0 Å². The number of carbonyl (C=O) groups is 3. The molecule has 1 saturated heterocycles. The van der Waals surface area contributed by atoms with Gasteiger partial charge in [-0.2, -0.15) is 0 Å². The third kappa shape index (κ3) is 8.33. The number of amides is 3. The number of morpholine rings is 1. The molecule has 0 bridgehead atoms. The van der Waals surface area contributed by atoms with E-state index < -0.39 is 17.7 Å². The molecule has 0 atom stereocenters. The van der Waals surface area contributed by atoms with Crippen LogP contribution in [0, 0.1) is 6.92 Å². The van der Waals surface area contributed by atoms with Crippen molar-refractivity contribution in [3.63, 3.8) is 0 Å². The minimum Gasteiger partial charge on any atom is -0.494 e. The summed E-state index contributed by atoms with van der Waals surface area (Å²) in [6.45, 7) is 8.46. The number of anilines is 3. The van der Waals surface area contributed by atoms with Crippen molar-refractivity contribution in [1.82, 2.24) is 19.4 Å². The Morgan fingerprint density at radius 3 is 2.44 bits per heavy atom. The van der Waals surface area contributed by atoms with Gasteiger partial charge in [0.1, 0.15) is 22.7 Å². The fourth-order valence-electron chi connectivity index (χ4n) is 5.65. The number of aryl methyl sites for hydroxylation is 2. The van der Waals surface area contributed by atoms with Crippen LogP contribution >= 0.6 is 0 Å². The lowest BCUT2D eigenvalue weighted by molar-refractivity contribution is 0.0358. The molecule has 0 radical (unpaired) electrons. The molecular weight excluding hydrogens is 646 g/mol. The predicted octanol–water partition coefficient (Wildman–Crippen LogP) is 2.71. The van der Waals surface area contributed by atoms with E-state index in [1.165, 1.54) is 19.2 Å². The maximum absolute atomic E-state index is 13.5. The topological polar surface area (TPSA) is 228 Å². The number of nitrogen functional groups attached to an aromatic ring is 1. The highest BCUT2D eigenvalue weighted by molar-refractivity contribution is 6.04. The Bertz CT molecular complexity index is 1890. The lowest BCUT2D eigenvalue weighted by Crippen LogP contribution is -2.37. The van der Waals surface area contributed by atoms with E-state index in [9.17, 15) is 14.4 Å². The number of oxazole rings is 1. The minimum absolute atomic E-state index is 0.0923. The number of fused-ring (bicyclic) bond motifs is 1. The Labute approximate surface area is 288 Å². The number of carbonyl (C=O) groups excluding carboxylic acids is 3. The second-order valence-corrected chi connectivity index (χ2v) is 11.6. The number of ether oxygens (including phenoxy) is 3. The molecular formula is C34H43N9O7. The smallest absolute Gasteiger partial charge is 0.295 e. The Morgan fingerprint density at radius 1 is 1.02 bits per heavy atom. The van der Waals surface area contributed by atoms with E-state index in [-0.39, 0.29) is 29.4 Å². The number of hydrogen-bond acceptors (Lipinski definition) is 12. The third-order valence-corrected chi connectivity index (χ3v) is 8.13. The van der Waals surface area contributed by atoms with Crippen LogP contribution in [0.2, 0.25) is 0 Å². The fraction of sp³-hybridized carbons (Fsp3) is 0.382. The summed E-state index contributed by atoms with van der Waals surface area (Å²) in [5.41, 5.74) is 20.0. The van der Waals surface area contributed by atoms with Crippen LogP contribution in [0.1, 0.15) is 56.2 Å². The van der Waals surface area contributed by atoms with Crippen molar-refractivity contribution in [1.29, 1.82) is 0 Å². The number of hydrogen-bond donors (Lipinski definition) is 5. The van der Waals surface area contributed by atoms with Crippen molar-refractivity contribution in [2.45, 2.75) is 33.2 Å². The van der Waals surface area contributed by atoms with Gasteiger partial charge in [-0.3, -0.25) is 24.6 Å². The first-order chi connectivity index (χ1) is 24.1. The summed E-state index contributed by atoms with van der Waals surface area (Å²) in [7, 11) is 1.47. The van der Waals surface area contributed by atoms with Gasteiger partial charge < -0.3 is 45.7 Å². The van der Waals surface area contributed by atoms with Crippen LogP contribution in [0.5, 0.6) is 11.5 Å². The lowest BCUT2D eigenvalue weighted by Gasteiger charge is -2.26. The number of imidazole rings is 1. The first kappa shape index (κ1) is 35.7. The van der Waals surface area contributed by atoms with Gasteiger partial charge in [0.2, 0.25) is 23.5 Å². The molecule has 0 saturated carbocycles. The largest absolute Gasteiger partial charge is 0.494 e. The molecule has 3 heterocycles. The number of nitrogens with two attached hydrogens (primary N) is 3. The molecule has 0 unspecified atom stereocenters. The van der Waals surface area contributed by atoms with E-state index in [0.717, 1.165) is 26.1 Å². The minimum atomic E-state index is -0.639. The highest BCUT2D eigenvalue weighted by Gasteiger charge is 2.23. The summed E-state index contributed by atoms with van der Waals surface area (Å²) in [6.07, 6.45) is 4.96. The number of nitrogens with one attached hydrogen (secondary N) is 2. The monoisotopic (exact) mass is 689 g/mol. The maximum atomic E-state index is 13.5. The molecule has 5 rings (SSSR count). The summed E-state index contributed by atoms with van der Waals surface area (Å²) in [5.74, 6) is -0.349. The van der Waals surface area contributed by atoms with Gasteiger partial charge in [0, 0.05) is 50.8 Å². The molecule has 1 fully saturated rings. The van der Waals surface area contributed by atoms with Crippen molar-refractivity contribution in [2.75, 3.05) is 69.5 Å². The summed E-state index contributed by atoms with van der Waals surface area (Å²) < 4.78 is 24.5. The van der Waals surface area contributed by atoms with E-state index in [0.29, 0.717) is 78.3 Å². The quantitative estimate of drug-likeness (QED) is 0.0650. The Hall–Kier alpha value is -5.61. The maximum Gasteiger partial charge on any atom is 0.295 e. The number of nitrogens with zero attached hydrogens (tertiary/aromatic N) is 4. The van der Waals surface area contributed by atoms with E-state index in [1.807, 2.05) is 19.1 Å². The standard InChI is InChI=1S/C34H43N9O7/c1-4-24-30(50-20(2)39-24)33(46)41-34-40-25-17-22(32(37)45)19-27(49-13-7-9-42-11-14-48-15-12-42)29(25)43(34)10-6-5-8-38-28-23(35)16-21(31(36)44)18-26(28)47-3/h5-6,16-19,38H,4,7-15,35H2,1-3H3,(H2,36,44)(H2,37,45)(H,40,41,46)/b6-5+. The normalized spacial score (nSPS) is 13.5. The molecule has 0 aliphatic carbocycles. The average molecular weight is 690 g/mol. The Balaban J connectivity index is 1.43. The van der Waals surface area contributed by atoms with Gasteiger partial charge in [-0.05, 0) is 37.1 Å². The van der Waals surface area contributed by atoms with Crippen LogP contribution in [0.4, 0.5) is 17.3 Å². The molecule has 8 N–H and O–H groups in total. The third-order valence-electron chi connectivity index (χ3n) is 8.13. The molecule has 16 nitrogen and oxygen atoms in total. The SMILES string of the molecule is CCc1nc(C)oc1C(=O)Nc1nc2cc(C(N)=O)cc(OCCCN3CCOCC3)c2n1C/C=C/CNc1c(N)cc(C(N)=O)cc1OC. The van der Waals surface area contributed by atoms with Crippen LogP contribution in [0.3, 0.4) is 0 Å². The molecule has 3 amide bonds. The van der Waals surface area contributed by atoms with Crippen LogP contribution in [-0.4, -0.2) is 90.3 Å². The Morgan fingerprint density at radius 2 is 1.74 bits per heavy atom. The van der Waals surface area contributed by atoms with Crippen molar-refractivity contribution in [3.8, 4) is 11.5 Å². The molecule has 0 spiro atoms. The number of allylic oxidation sites excluding steroid dienone is 1. The van der Waals surface area contributed by atoms with Crippen LogP contribution < -0.4 is 37.3 Å². The zero-order valence-electron chi connectivity index (χ0n) is 28.4. The summed E-state index contributed by atoms with van der Waals surface area (Å²) in [5, 5.41) is 6.06. The number of methoxy groups -OCH3 is 1. The van der Waals surface area contributed by atoms with Crippen molar-refractivity contribution in [2.24, 2.45) is 11.5 Å². The molecule has 50 heavy (non-hydrogen) atoms. The van der Waals surface area contributed by atoms with E-state index in [1.54, 1.807) is 23.6 Å².